The predicted octanol–water partition coefficient (Wildman–Crippen LogP) is 8.37. The summed E-state index contributed by atoms with van der Waals surface area (Å²) < 4.78 is 26.0. The number of nitrogens with one attached hydrogen (secondary N) is 2. The third-order valence-corrected chi connectivity index (χ3v) is 14.8. The fourth-order valence-electron chi connectivity index (χ4n) is 9.52. The summed E-state index contributed by atoms with van der Waals surface area (Å²) in [5.74, 6) is -0.146. The Morgan fingerprint density at radius 3 is 2.30 bits per heavy atom. The summed E-state index contributed by atoms with van der Waals surface area (Å²) in [6.07, 6.45) is 7.47. The van der Waals surface area contributed by atoms with Crippen LogP contribution in [0.2, 0.25) is 0 Å². The van der Waals surface area contributed by atoms with E-state index in [1.165, 1.54) is 5.56 Å². The number of rotatable bonds is 13. The summed E-state index contributed by atoms with van der Waals surface area (Å²) in [5, 5.41) is 7.64. The zero-order valence-corrected chi connectivity index (χ0v) is 35.8. The van der Waals surface area contributed by atoms with Crippen LogP contribution in [-0.2, 0) is 29.8 Å². The second-order valence-electron chi connectivity index (χ2n) is 17.8. The minimum Gasteiger partial charge on any atom is -0.464 e. The maximum atomic E-state index is 14.5. The van der Waals surface area contributed by atoms with Crippen molar-refractivity contribution < 1.29 is 33.0 Å². The molecule has 0 radical (unpaired) electrons. The van der Waals surface area contributed by atoms with Gasteiger partial charge in [0.25, 0.3) is 5.91 Å². The molecule has 4 aromatic rings. The van der Waals surface area contributed by atoms with Crippen LogP contribution in [0.5, 0.6) is 5.75 Å². The lowest BCUT2D eigenvalue weighted by Gasteiger charge is -2.37. The summed E-state index contributed by atoms with van der Waals surface area (Å²) in [7, 11) is -3.72. The Kier molecular flexibility index (Phi) is 12.2. The van der Waals surface area contributed by atoms with E-state index in [0.717, 1.165) is 55.7 Å². The van der Waals surface area contributed by atoms with Crippen LogP contribution in [0.4, 0.5) is 0 Å². The number of amides is 3. The van der Waals surface area contributed by atoms with Gasteiger partial charge in [0.2, 0.25) is 11.8 Å². The lowest BCUT2D eigenvalue weighted by atomic mass is 9.96. The van der Waals surface area contributed by atoms with Gasteiger partial charge in [0, 0.05) is 29.6 Å². The highest BCUT2D eigenvalue weighted by Gasteiger charge is 2.58. The van der Waals surface area contributed by atoms with Crippen molar-refractivity contribution in [1.29, 1.82) is 0 Å². The average molecular weight is 833 g/mol. The van der Waals surface area contributed by atoms with Gasteiger partial charge in [-0.2, -0.15) is 0 Å². The van der Waals surface area contributed by atoms with Gasteiger partial charge in [-0.3, -0.25) is 23.7 Å². The SMILES string of the molecule is CC(C)COC(=O)[C@H](C)NP(=O)(Cc1ccc2ccc(C(=O)N[C@H]3CCCC[C@H]4CC[C@@H](C(=O)N5CC(c6ccccc6)CC56CC6)N4C3=O)cc2c1)Oc1ccccc1. The Hall–Kier alpha value is -4.99. The summed E-state index contributed by atoms with van der Waals surface area (Å²) in [6.45, 7) is 6.42. The first-order valence-electron chi connectivity index (χ1n) is 21.7. The molecule has 0 aromatic heterocycles. The molecule has 6 atom stereocenters. The van der Waals surface area contributed by atoms with Crippen LogP contribution in [-0.4, -0.2) is 76.3 Å². The standard InChI is InChI=1S/C48H57N4O7P/c1-32(2)30-58-47(56)33(3)50-60(57,59-41-15-8-5-9-16-41)31-34-18-19-36-20-21-37(27-38(36)26-34)44(53)49-42-17-11-10-14-40-22-23-43(52(40)45(42)54)46(55)51-29-39(28-48(51)24-25-48)35-12-6-4-7-13-35/h4-9,12-13,15-16,18-21,26-27,32-33,39-40,42-43H,10-11,14,17,22-25,28-31H2,1-3H3,(H,49,53)(H,50,57)/t33-,39?,40-,42-,43-,60?/m0/s1. The van der Waals surface area contributed by atoms with E-state index in [2.05, 4.69) is 39.6 Å². The molecule has 3 saturated heterocycles. The third-order valence-electron chi connectivity index (χ3n) is 12.7. The van der Waals surface area contributed by atoms with Crippen molar-refractivity contribution in [2.75, 3.05) is 13.2 Å². The van der Waals surface area contributed by atoms with Gasteiger partial charge in [0.15, 0.2) is 0 Å². The molecular formula is C48H57N4O7P. The lowest BCUT2D eigenvalue weighted by molar-refractivity contribution is -0.148. The summed E-state index contributed by atoms with van der Waals surface area (Å²) >= 11 is 0. The highest BCUT2D eigenvalue weighted by molar-refractivity contribution is 7.56. The van der Waals surface area contributed by atoms with Gasteiger partial charge in [0.1, 0.15) is 23.9 Å². The first-order chi connectivity index (χ1) is 28.9. The van der Waals surface area contributed by atoms with Gasteiger partial charge in [0.05, 0.1) is 12.8 Å². The molecule has 3 aliphatic heterocycles. The molecule has 4 fully saturated rings. The number of esters is 1. The van der Waals surface area contributed by atoms with E-state index in [1.54, 1.807) is 43.3 Å². The molecule has 8 rings (SSSR count). The van der Waals surface area contributed by atoms with E-state index >= 15 is 0 Å². The van der Waals surface area contributed by atoms with Crippen molar-refractivity contribution in [2.45, 2.75) is 120 Å². The molecule has 3 heterocycles. The van der Waals surface area contributed by atoms with Gasteiger partial charge in [-0.05, 0) is 104 Å². The molecule has 316 valence electrons. The number of para-hydroxylation sites is 1. The maximum absolute atomic E-state index is 14.5. The summed E-state index contributed by atoms with van der Waals surface area (Å²) in [5.41, 5.74) is 2.23. The van der Waals surface area contributed by atoms with Gasteiger partial charge in [-0.25, -0.2) is 5.09 Å². The Balaban J connectivity index is 0.975. The Morgan fingerprint density at radius 1 is 0.850 bits per heavy atom. The molecule has 12 heteroatoms. The van der Waals surface area contributed by atoms with E-state index in [0.29, 0.717) is 42.2 Å². The van der Waals surface area contributed by atoms with Crippen molar-refractivity contribution in [1.82, 2.24) is 20.2 Å². The van der Waals surface area contributed by atoms with E-state index in [-0.39, 0.29) is 48.0 Å². The average Bonchev–Trinajstić information content (AvgIpc) is 3.73. The molecule has 0 bridgehead atoms. The number of carbonyl (C=O) groups excluding carboxylic acids is 4. The zero-order valence-electron chi connectivity index (χ0n) is 34.9. The number of fused-ring (bicyclic) bond motifs is 2. The normalized spacial score (nSPS) is 23.7. The van der Waals surface area contributed by atoms with Crippen molar-refractivity contribution in [3.05, 3.63) is 114 Å². The number of hydrogen-bond donors (Lipinski definition) is 2. The quantitative estimate of drug-likeness (QED) is 0.101. The first kappa shape index (κ1) is 41.7. The zero-order chi connectivity index (χ0) is 42.0. The molecule has 1 saturated carbocycles. The van der Waals surface area contributed by atoms with E-state index < -0.39 is 31.6 Å². The Morgan fingerprint density at radius 2 is 1.57 bits per heavy atom. The molecular weight excluding hydrogens is 776 g/mol. The molecule has 1 aliphatic carbocycles. The Labute approximate surface area is 353 Å². The lowest BCUT2D eigenvalue weighted by Crippen LogP contribution is -2.57. The molecule has 2 N–H and O–H groups in total. The molecule has 60 heavy (non-hydrogen) atoms. The van der Waals surface area contributed by atoms with Crippen LogP contribution in [0.3, 0.4) is 0 Å². The van der Waals surface area contributed by atoms with Crippen molar-refractivity contribution in [2.24, 2.45) is 5.92 Å². The highest BCUT2D eigenvalue weighted by atomic mass is 31.2. The van der Waals surface area contributed by atoms with Crippen LogP contribution in [0.25, 0.3) is 10.8 Å². The van der Waals surface area contributed by atoms with Gasteiger partial charge in [-0.15, -0.1) is 0 Å². The van der Waals surface area contributed by atoms with Crippen molar-refractivity contribution in [3.8, 4) is 5.75 Å². The topological polar surface area (TPSA) is 134 Å². The fourth-order valence-corrected chi connectivity index (χ4v) is 11.6. The number of benzene rings is 4. The van der Waals surface area contributed by atoms with Gasteiger partial charge in [-0.1, -0.05) is 99.5 Å². The first-order valence-corrected chi connectivity index (χ1v) is 23.5. The van der Waals surface area contributed by atoms with Crippen LogP contribution >= 0.6 is 7.52 Å². The van der Waals surface area contributed by atoms with Crippen LogP contribution < -0.4 is 14.9 Å². The highest BCUT2D eigenvalue weighted by Crippen LogP contribution is 2.55. The molecule has 1 spiro atoms. The summed E-state index contributed by atoms with van der Waals surface area (Å²) in [6, 6.07) is 28.1. The van der Waals surface area contributed by atoms with Crippen LogP contribution in [0.15, 0.2) is 97.1 Å². The van der Waals surface area contributed by atoms with E-state index in [9.17, 15) is 23.7 Å². The van der Waals surface area contributed by atoms with Gasteiger partial charge < -0.3 is 24.4 Å². The Bertz CT molecular complexity index is 2260. The van der Waals surface area contributed by atoms with Crippen LogP contribution in [0.1, 0.15) is 106 Å². The maximum Gasteiger partial charge on any atom is 0.323 e. The fraction of sp³-hybridized carbons (Fsp3) is 0.458. The predicted molar refractivity (Wildman–Crippen MR) is 232 cm³/mol. The number of carbonyl (C=O) groups is 4. The molecule has 3 amide bonds. The number of ether oxygens (including phenoxy) is 1. The molecule has 4 aliphatic rings. The number of likely N-dealkylation sites (tertiary alicyclic amines) is 1. The summed E-state index contributed by atoms with van der Waals surface area (Å²) in [4.78, 5) is 59.8. The molecule has 11 nitrogen and oxygen atoms in total. The smallest absolute Gasteiger partial charge is 0.323 e. The van der Waals surface area contributed by atoms with Crippen LogP contribution in [0, 0.1) is 5.92 Å². The van der Waals surface area contributed by atoms with Gasteiger partial charge >= 0.3 is 13.5 Å². The molecule has 4 aromatic carbocycles. The molecule has 2 unspecified atom stereocenters. The van der Waals surface area contributed by atoms with Crippen molar-refractivity contribution in [3.63, 3.8) is 0 Å². The van der Waals surface area contributed by atoms with E-state index in [4.69, 9.17) is 9.26 Å². The minimum absolute atomic E-state index is 0.0158. The number of nitrogens with zero attached hydrogens (tertiary/aromatic N) is 2. The monoisotopic (exact) mass is 832 g/mol. The number of hydrogen-bond acceptors (Lipinski definition) is 7. The van der Waals surface area contributed by atoms with Crippen molar-refractivity contribution >= 4 is 42.0 Å². The third kappa shape index (κ3) is 9.18. The second kappa shape index (κ2) is 17.5. The largest absolute Gasteiger partial charge is 0.464 e. The van der Waals surface area contributed by atoms with E-state index in [1.807, 2.05) is 55.1 Å². The second-order valence-corrected chi connectivity index (χ2v) is 19.9. The minimum atomic E-state index is -3.72.